The Morgan fingerprint density at radius 3 is 2.62 bits per heavy atom. The Morgan fingerprint density at radius 2 is 2.00 bits per heavy atom. The van der Waals surface area contributed by atoms with Gasteiger partial charge in [-0.05, 0) is 54.7 Å². The molecule has 0 aliphatic rings. The highest BCUT2D eigenvalue weighted by Crippen LogP contribution is 2.23. The second-order valence-electron chi connectivity index (χ2n) is 5.17. The van der Waals surface area contributed by atoms with E-state index >= 15 is 0 Å². The fourth-order valence-corrected chi connectivity index (χ4v) is 2.59. The van der Waals surface area contributed by atoms with Crippen LogP contribution in [0.4, 0.5) is 4.39 Å². The first-order valence-corrected chi connectivity index (χ1v) is 7.06. The second kappa shape index (κ2) is 6.72. The van der Waals surface area contributed by atoms with Crippen molar-refractivity contribution >= 4 is 17.6 Å². The van der Waals surface area contributed by atoms with Crippen molar-refractivity contribution in [2.24, 2.45) is 5.92 Å². The molecule has 4 heteroatoms. The summed E-state index contributed by atoms with van der Waals surface area (Å²) >= 11 is 6.15. The van der Waals surface area contributed by atoms with Crippen LogP contribution < -0.4 is 0 Å². The van der Waals surface area contributed by atoms with Crippen LogP contribution in [0.2, 0.25) is 5.02 Å². The minimum absolute atomic E-state index is 0.275. The van der Waals surface area contributed by atoms with Crippen molar-refractivity contribution in [3.8, 4) is 0 Å². The molecule has 110 valence electrons. The molecular formula is C17H16ClFO2. The molecule has 0 saturated heterocycles. The largest absolute Gasteiger partial charge is 0.481 e. The van der Waals surface area contributed by atoms with Gasteiger partial charge in [-0.25, -0.2) is 4.39 Å². The Kier molecular flexibility index (Phi) is 4.97. The fraction of sp³-hybridized carbons (Fsp3) is 0.235. The fourth-order valence-electron chi connectivity index (χ4n) is 2.28. The van der Waals surface area contributed by atoms with Gasteiger partial charge in [-0.2, -0.15) is 0 Å². The Balaban J connectivity index is 2.18. The summed E-state index contributed by atoms with van der Waals surface area (Å²) in [5.74, 6) is -1.90. The van der Waals surface area contributed by atoms with Crippen molar-refractivity contribution in [1.82, 2.24) is 0 Å². The minimum Gasteiger partial charge on any atom is -0.481 e. The zero-order chi connectivity index (χ0) is 15.4. The van der Waals surface area contributed by atoms with Crippen LogP contribution in [0.15, 0.2) is 42.5 Å². The second-order valence-corrected chi connectivity index (χ2v) is 5.58. The standard InChI is InChI=1S/C17H16ClFO2/c1-11-5-6-13(16(18)7-11)10-14(17(20)21)8-12-3-2-4-15(19)9-12/h2-7,9,14H,8,10H2,1H3,(H,20,21). The Morgan fingerprint density at radius 1 is 1.24 bits per heavy atom. The normalized spacial score (nSPS) is 12.1. The van der Waals surface area contributed by atoms with Crippen LogP contribution in [0.3, 0.4) is 0 Å². The van der Waals surface area contributed by atoms with Crippen LogP contribution in [0.1, 0.15) is 16.7 Å². The number of halogens is 2. The van der Waals surface area contributed by atoms with Gasteiger partial charge in [-0.3, -0.25) is 4.79 Å². The molecule has 0 fully saturated rings. The van der Waals surface area contributed by atoms with Crippen molar-refractivity contribution in [2.75, 3.05) is 0 Å². The maximum Gasteiger partial charge on any atom is 0.307 e. The number of benzene rings is 2. The summed E-state index contributed by atoms with van der Waals surface area (Å²) in [5, 5.41) is 9.94. The summed E-state index contributed by atoms with van der Waals surface area (Å²) in [4.78, 5) is 11.4. The smallest absolute Gasteiger partial charge is 0.307 e. The van der Waals surface area contributed by atoms with Crippen molar-refractivity contribution in [3.63, 3.8) is 0 Å². The first-order chi connectivity index (χ1) is 9.95. The van der Waals surface area contributed by atoms with Crippen LogP contribution in [-0.4, -0.2) is 11.1 Å². The lowest BCUT2D eigenvalue weighted by molar-refractivity contribution is -0.141. The molecular weight excluding hydrogens is 291 g/mol. The van der Waals surface area contributed by atoms with E-state index in [1.807, 2.05) is 25.1 Å². The van der Waals surface area contributed by atoms with Crippen LogP contribution in [0.25, 0.3) is 0 Å². The number of aryl methyl sites for hydroxylation is 1. The van der Waals surface area contributed by atoms with E-state index in [0.717, 1.165) is 11.1 Å². The Hall–Kier alpha value is -1.87. The van der Waals surface area contributed by atoms with Gasteiger partial charge in [0.2, 0.25) is 0 Å². The van der Waals surface area contributed by atoms with Crippen molar-refractivity contribution in [3.05, 3.63) is 70.0 Å². The van der Waals surface area contributed by atoms with Crippen LogP contribution in [0, 0.1) is 18.7 Å². The van der Waals surface area contributed by atoms with Gasteiger partial charge >= 0.3 is 5.97 Å². The average Bonchev–Trinajstić information content (AvgIpc) is 2.40. The van der Waals surface area contributed by atoms with Gasteiger partial charge in [0, 0.05) is 5.02 Å². The van der Waals surface area contributed by atoms with E-state index in [0.29, 0.717) is 17.0 Å². The highest BCUT2D eigenvalue weighted by atomic mass is 35.5. The quantitative estimate of drug-likeness (QED) is 0.895. The first kappa shape index (κ1) is 15.5. The molecule has 21 heavy (non-hydrogen) atoms. The number of hydrogen-bond acceptors (Lipinski definition) is 1. The van der Waals surface area contributed by atoms with E-state index in [1.54, 1.807) is 12.1 Å². The number of carboxylic acids is 1. The molecule has 2 nitrogen and oxygen atoms in total. The van der Waals surface area contributed by atoms with Gasteiger partial charge in [0.1, 0.15) is 5.82 Å². The van der Waals surface area contributed by atoms with Crippen LogP contribution in [0.5, 0.6) is 0 Å². The molecule has 2 aromatic carbocycles. The number of rotatable bonds is 5. The van der Waals surface area contributed by atoms with E-state index in [9.17, 15) is 14.3 Å². The maximum absolute atomic E-state index is 13.2. The van der Waals surface area contributed by atoms with Crippen molar-refractivity contribution in [1.29, 1.82) is 0 Å². The summed E-state index contributed by atoms with van der Waals surface area (Å²) in [6.07, 6.45) is 0.599. The highest BCUT2D eigenvalue weighted by molar-refractivity contribution is 6.31. The SMILES string of the molecule is Cc1ccc(CC(Cc2cccc(F)c2)C(=O)O)c(Cl)c1. The van der Waals surface area contributed by atoms with Crippen LogP contribution in [-0.2, 0) is 17.6 Å². The maximum atomic E-state index is 13.2. The summed E-state index contributed by atoms with van der Waals surface area (Å²) in [7, 11) is 0. The molecule has 0 aliphatic heterocycles. The molecule has 0 bridgehead atoms. The topological polar surface area (TPSA) is 37.3 Å². The summed E-state index contributed by atoms with van der Waals surface area (Å²) in [6.45, 7) is 1.93. The summed E-state index contributed by atoms with van der Waals surface area (Å²) in [5.41, 5.74) is 2.50. The third-order valence-corrected chi connectivity index (χ3v) is 3.75. The molecule has 0 aliphatic carbocycles. The zero-order valence-corrected chi connectivity index (χ0v) is 12.4. The third kappa shape index (κ3) is 4.30. The summed E-state index contributed by atoms with van der Waals surface area (Å²) < 4.78 is 13.2. The van der Waals surface area contributed by atoms with E-state index < -0.39 is 11.9 Å². The molecule has 2 aromatic rings. The molecule has 0 radical (unpaired) electrons. The van der Waals surface area contributed by atoms with E-state index in [1.165, 1.54) is 12.1 Å². The molecule has 1 atom stereocenters. The van der Waals surface area contributed by atoms with E-state index in [2.05, 4.69) is 0 Å². The predicted molar refractivity (Wildman–Crippen MR) is 81.1 cm³/mol. The average molecular weight is 307 g/mol. The monoisotopic (exact) mass is 306 g/mol. The lowest BCUT2D eigenvalue weighted by Gasteiger charge is -2.14. The number of carbonyl (C=O) groups is 1. The van der Waals surface area contributed by atoms with Gasteiger partial charge in [0.15, 0.2) is 0 Å². The number of hydrogen-bond donors (Lipinski definition) is 1. The molecule has 0 aromatic heterocycles. The molecule has 1 N–H and O–H groups in total. The van der Waals surface area contributed by atoms with Gasteiger partial charge in [-0.15, -0.1) is 0 Å². The molecule has 0 amide bonds. The Labute approximate surface area is 128 Å². The lowest BCUT2D eigenvalue weighted by Crippen LogP contribution is -2.19. The number of carboxylic acid groups (broad SMARTS) is 1. The Bertz CT molecular complexity index is 655. The zero-order valence-electron chi connectivity index (χ0n) is 11.6. The first-order valence-electron chi connectivity index (χ1n) is 6.68. The molecule has 0 saturated carbocycles. The summed E-state index contributed by atoms with van der Waals surface area (Å²) in [6, 6.07) is 11.6. The predicted octanol–water partition coefficient (Wildman–Crippen LogP) is 4.27. The molecule has 1 unspecified atom stereocenters. The van der Waals surface area contributed by atoms with Gasteiger partial charge < -0.3 is 5.11 Å². The molecule has 0 spiro atoms. The lowest BCUT2D eigenvalue weighted by atomic mass is 9.92. The van der Waals surface area contributed by atoms with Crippen LogP contribution >= 0.6 is 11.6 Å². The highest BCUT2D eigenvalue weighted by Gasteiger charge is 2.20. The molecule has 2 rings (SSSR count). The minimum atomic E-state index is -0.907. The van der Waals surface area contributed by atoms with Gasteiger partial charge in [0.25, 0.3) is 0 Å². The van der Waals surface area contributed by atoms with Gasteiger partial charge in [-0.1, -0.05) is 35.9 Å². The van der Waals surface area contributed by atoms with E-state index in [-0.39, 0.29) is 12.2 Å². The van der Waals surface area contributed by atoms with Gasteiger partial charge in [0.05, 0.1) is 5.92 Å². The third-order valence-electron chi connectivity index (χ3n) is 3.40. The number of aliphatic carboxylic acids is 1. The molecule has 0 heterocycles. The van der Waals surface area contributed by atoms with E-state index in [4.69, 9.17) is 11.6 Å². The van der Waals surface area contributed by atoms with Crippen molar-refractivity contribution < 1.29 is 14.3 Å². The van der Waals surface area contributed by atoms with Crippen molar-refractivity contribution in [2.45, 2.75) is 19.8 Å².